The molecule has 0 rings (SSSR count). The van der Waals surface area contributed by atoms with Crippen molar-refractivity contribution in [2.45, 2.75) is 12.5 Å². The minimum absolute atomic E-state index is 0.245. The Labute approximate surface area is 65.6 Å². The van der Waals surface area contributed by atoms with Gasteiger partial charge >= 0.3 is 0 Å². The van der Waals surface area contributed by atoms with Crippen molar-refractivity contribution in [1.82, 2.24) is 4.90 Å². The molecular formula is C6H12ClNO2. The highest BCUT2D eigenvalue weighted by Gasteiger charge is 2.28. The Balaban J connectivity index is 4.00. The van der Waals surface area contributed by atoms with E-state index in [2.05, 4.69) is 0 Å². The number of aliphatic hydroxyl groups is 1. The smallest absolute Gasteiger partial charge is 0.254 e. The Morgan fingerprint density at radius 3 is 2.20 bits per heavy atom. The predicted octanol–water partition coefficient (Wildman–Crippen LogP) is 0.0644. The summed E-state index contributed by atoms with van der Waals surface area (Å²) in [5.41, 5.74) is -1.43. The van der Waals surface area contributed by atoms with Crippen LogP contribution < -0.4 is 0 Å². The van der Waals surface area contributed by atoms with Gasteiger partial charge in [0.25, 0.3) is 5.24 Å². The predicted molar refractivity (Wildman–Crippen MR) is 40.0 cm³/mol. The summed E-state index contributed by atoms with van der Waals surface area (Å²) >= 11 is 5.10. The molecule has 1 atom stereocenters. The van der Waals surface area contributed by atoms with Crippen LogP contribution in [0.15, 0.2) is 0 Å². The molecule has 0 radical (unpaired) electrons. The van der Waals surface area contributed by atoms with Gasteiger partial charge in [-0.05, 0) is 32.6 Å². The lowest BCUT2D eigenvalue weighted by molar-refractivity contribution is -0.128. The number of hydrogen-bond donors (Lipinski definition) is 1. The lowest BCUT2D eigenvalue weighted by Gasteiger charge is -2.22. The van der Waals surface area contributed by atoms with Crippen molar-refractivity contribution in [2.24, 2.45) is 0 Å². The summed E-state index contributed by atoms with van der Waals surface area (Å²) in [6.45, 7) is 1.64. The van der Waals surface area contributed by atoms with Crippen LogP contribution in [0.25, 0.3) is 0 Å². The highest BCUT2D eigenvalue weighted by molar-refractivity contribution is 6.65. The molecule has 0 heterocycles. The molecule has 0 aliphatic heterocycles. The fourth-order valence-electron chi connectivity index (χ4n) is 0.678. The molecule has 0 aromatic carbocycles. The zero-order chi connectivity index (χ0) is 8.36. The number of rotatable bonds is 3. The third-order valence-electron chi connectivity index (χ3n) is 1.05. The molecule has 0 amide bonds. The molecule has 0 aromatic heterocycles. The zero-order valence-corrected chi connectivity index (χ0v) is 7.14. The number of carbonyl (C=O) groups is 1. The Kier molecular flexibility index (Phi) is 3.28. The van der Waals surface area contributed by atoms with E-state index in [0.29, 0.717) is 0 Å². The van der Waals surface area contributed by atoms with Gasteiger partial charge in [-0.3, -0.25) is 4.79 Å². The molecule has 0 saturated carbocycles. The van der Waals surface area contributed by atoms with Crippen molar-refractivity contribution in [1.29, 1.82) is 0 Å². The highest BCUT2D eigenvalue weighted by atomic mass is 35.5. The summed E-state index contributed by atoms with van der Waals surface area (Å²) in [6, 6.07) is 0. The normalized spacial score (nSPS) is 17.0. The number of carbonyl (C=O) groups excluding carboxylic acids is 1. The molecule has 60 valence electrons. The number of halogens is 1. The fraction of sp³-hybridized carbons (Fsp3) is 0.833. The van der Waals surface area contributed by atoms with E-state index in [1.807, 2.05) is 0 Å². The number of hydrogen-bond acceptors (Lipinski definition) is 3. The summed E-state index contributed by atoms with van der Waals surface area (Å²) in [6.07, 6.45) is 0. The number of nitrogens with zero attached hydrogens (tertiary/aromatic N) is 1. The summed E-state index contributed by atoms with van der Waals surface area (Å²) in [5, 5.41) is 8.52. The van der Waals surface area contributed by atoms with Gasteiger partial charge in [-0.15, -0.1) is 0 Å². The van der Waals surface area contributed by atoms with Crippen molar-refractivity contribution in [3.8, 4) is 0 Å². The summed E-state index contributed by atoms with van der Waals surface area (Å²) in [5.74, 6) is 0. The standard InChI is InChI=1S/C6H12ClNO2/c1-6(10,5(7)9)4-8(2)3/h10H,4H2,1-3H3/t6-/m0/s1. The Morgan fingerprint density at radius 2 is 2.10 bits per heavy atom. The van der Waals surface area contributed by atoms with Crippen molar-refractivity contribution >= 4 is 16.8 Å². The monoisotopic (exact) mass is 165 g/mol. The first-order valence-corrected chi connectivity index (χ1v) is 3.31. The SMILES string of the molecule is CN(C)C[C@](C)(O)C(=O)Cl. The molecule has 0 fully saturated rings. The molecule has 0 saturated heterocycles. The molecule has 0 aliphatic rings. The van der Waals surface area contributed by atoms with E-state index >= 15 is 0 Å². The molecule has 1 N–H and O–H groups in total. The largest absolute Gasteiger partial charge is 0.380 e. The maximum atomic E-state index is 10.5. The maximum absolute atomic E-state index is 10.5. The van der Waals surface area contributed by atoms with Gasteiger partial charge in [-0.2, -0.15) is 0 Å². The lowest BCUT2D eigenvalue weighted by Crippen LogP contribution is -2.42. The lowest BCUT2D eigenvalue weighted by atomic mass is 10.1. The van der Waals surface area contributed by atoms with Gasteiger partial charge in [0.2, 0.25) is 0 Å². The van der Waals surface area contributed by atoms with E-state index in [-0.39, 0.29) is 6.54 Å². The highest BCUT2D eigenvalue weighted by Crippen LogP contribution is 2.08. The summed E-state index contributed by atoms with van der Waals surface area (Å²) in [4.78, 5) is 12.2. The first kappa shape index (κ1) is 9.88. The molecule has 0 unspecified atom stereocenters. The van der Waals surface area contributed by atoms with Crippen molar-refractivity contribution < 1.29 is 9.90 Å². The Hall–Kier alpha value is -0.120. The third-order valence-corrected chi connectivity index (χ3v) is 1.45. The zero-order valence-electron chi connectivity index (χ0n) is 6.39. The van der Waals surface area contributed by atoms with Gasteiger partial charge in [0, 0.05) is 6.54 Å². The second-order valence-electron chi connectivity index (χ2n) is 2.79. The molecular weight excluding hydrogens is 154 g/mol. The van der Waals surface area contributed by atoms with Crippen LogP contribution in [-0.4, -0.2) is 41.5 Å². The minimum Gasteiger partial charge on any atom is -0.380 e. The van der Waals surface area contributed by atoms with E-state index < -0.39 is 10.8 Å². The van der Waals surface area contributed by atoms with E-state index in [9.17, 15) is 9.90 Å². The Morgan fingerprint density at radius 1 is 1.70 bits per heavy atom. The maximum Gasteiger partial charge on any atom is 0.254 e. The molecule has 0 aliphatic carbocycles. The second kappa shape index (κ2) is 3.32. The van der Waals surface area contributed by atoms with Crippen molar-refractivity contribution in [3.05, 3.63) is 0 Å². The quantitative estimate of drug-likeness (QED) is 0.602. The van der Waals surface area contributed by atoms with Crippen LogP contribution in [0.5, 0.6) is 0 Å². The Bertz CT molecular complexity index is 134. The van der Waals surface area contributed by atoms with Gasteiger partial charge < -0.3 is 10.0 Å². The molecule has 0 spiro atoms. The van der Waals surface area contributed by atoms with E-state index in [4.69, 9.17) is 11.6 Å². The van der Waals surface area contributed by atoms with Crippen LogP contribution in [0.3, 0.4) is 0 Å². The van der Waals surface area contributed by atoms with Crippen molar-refractivity contribution in [2.75, 3.05) is 20.6 Å². The van der Waals surface area contributed by atoms with E-state index in [1.165, 1.54) is 6.92 Å². The van der Waals surface area contributed by atoms with Gasteiger partial charge in [0.1, 0.15) is 5.60 Å². The van der Waals surface area contributed by atoms with Crippen LogP contribution >= 0.6 is 11.6 Å². The van der Waals surface area contributed by atoms with Crippen LogP contribution in [0.4, 0.5) is 0 Å². The summed E-state index contributed by atoms with van der Waals surface area (Å²) < 4.78 is 0. The molecule has 3 nitrogen and oxygen atoms in total. The average Bonchev–Trinajstić information content (AvgIpc) is 1.60. The van der Waals surface area contributed by atoms with Gasteiger partial charge in [0.05, 0.1) is 0 Å². The van der Waals surface area contributed by atoms with Crippen LogP contribution in [-0.2, 0) is 4.79 Å². The third kappa shape index (κ3) is 3.15. The fourth-order valence-corrected chi connectivity index (χ4v) is 0.738. The molecule has 0 bridgehead atoms. The minimum atomic E-state index is -1.43. The number of likely N-dealkylation sites (N-methyl/N-ethyl adjacent to an activating group) is 1. The van der Waals surface area contributed by atoms with Crippen LogP contribution in [0.1, 0.15) is 6.92 Å². The van der Waals surface area contributed by atoms with Gasteiger partial charge in [-0.25, -0.2) is 0 Å². The van der Waals surface area contributed by atoms with Gasteiger partial charge in [-0.1, -0.05) is 0 Å². The van der Waals surface area contributed by atoms with Crippen LogP contribution in [0.2, 0.25) is 0 Å². The molecule has 4 heteroatoms. The van der Waals surface area contributed by atoms with Crippen molar-refractivity contribution in [3.63, 3.8) is 0 Å². The first-order valence-electron chi connectivity index (χ1n) is 2.93. The van der Waals surface area contributed by atoms with E-state index in [1.54, 1.807) is 19.0 Å². The molecule has 0 aromatic rings. The van der Waals surface area contributed by atoms with Crippen LogP contribution in [0, 0.1) is 0 Å². The molecule has 10 heavy (non-hydrogen) atoms. The second-order valence-corrected chi connectivity index (χ2v) is 3.13. The topological polar surface area (TPSA) is 40.5 Å². The first-order chi connectivity index (χ1) is 4.36. The average molecular weight is 166 g/mol. The van der Waals surface area contributed by atoms with E-state index in [0.717, 1.165) is 0 Å². The van der Waals surface area contributed by atoms with Gasteiger partial charge in [0.15, 0.2) is 0 Å². The summed E-state index contributed by atoms with van der Waals surface area (Å²) in [7, 11) is 3.52.